The molecule has 104 valence electrons. The third kappa shape index (κ3) is 3.40. The average Bonchev–Trinajstić information content (AvgIpc) is 2.72. The van der Waals surface area contributed by atoms with E-state index >= 15 is 0 Å². The topological polar surface area (TPSA) is 111 Å². The first kappa shape index (κ1) is 13.7. The smallest absolute Gasteiger partial charge is 0.220 e. The molecule has 2 aromatic rings. The van der Waals surface area contributed by atoms with Gasteiger partial charge in [0.1, 0.15) is 0 Å². The first-order valence-corrected chi connectivity index (χ1v) is 6.16. The van der Waals surface area contributed by atoms with Gasteiger partial charge in [-0.05, 0) is 13.5 Å². The van der Waals surface area contributed by atoms with Gasteiger partial charge in [0, 0.05) is 31.5 Å². The minimum Gasteiger partial charge on any atom is -0.396 e. The third-order valence-corrected chi connectivity index (χ3v) is 2.94. The van der Waals surface area contributed by atoms with E-state index in [1.165, 1.54) is 0 Å². The van der Waals surface area contributed by atoms with Gasteiger partial charge < -0.3 is 20.9 Å². The Hall–Kier alpha value is -1.70. The maximum atomic E-state index is 9.65. The highest BCUT2D eigenvalue weighted by Gasteiger charge is 2.12. The molecule has 2 rings (SSSR count). The standard InChI is InChI=1S/C12H19N5O2/c1-17(7-9(19)2-3-18)6-8-4-14-10-5-15-12(13)16-11(8)10/h4-5,9,14,18-19H,2-3,6-7H2,1H3,(H2,13,15,16). The van der Waals surface area contributed by atoms with E-state index in [1.807, 2.05) is 18.1 Å². The van der Waals surface area contributed by atoms with Crippen LogP contribution >= 0.6 is 0 Å². The molecule has 2 aromatic heterocycles. The first-order chi connectivity index (χ1) is 9.10. The number of rotatable bonds is 6. The summed E-state index contributed by atoms with van der Waals surface area (Å²) in [4.78, 5) is 13.2. The van der Waals surface area contributed by atoms with Crippen molar-refractivity contribution in [2.45, 2.75) is 19.1 Å². The molecule has 1 unspecified atom stereocenters. The van der Waals surface area contributed by atoms with Crippen molar-refractivity contribution in [1.82, 2.24) is 19.9 Å². The lowest BCUT2D eigenvalue weighted by Crippen LogP contribution is -2.29. The molecular weight excluding hydrogens is 246 g/mol. The lowest BCUT2D eigenvalue weighted by molar-refractivity contribution is 0.0952. The molecule has 1 atom stereocenters. The van der Waals surface area contributed by atoms with Gasteiger partial charge in [-0.15, -0.1) is 0 Å². The Morgan fingerprint density at radius 1 is 1.53 bits per heavy atom. The van der Waals surface area contributed by atoms with E-state index in [0.717, 1.165) is 16.6 Å². The first-order valence-electron chi connectivity index (χ1n) is 6.16. The van der Waals surface area contributed by atoms with Gasteiger partial charge in [-0.2, -0.15) is 0 Å². The second-order valence-corrected chi connectivity index (χ2v) is 4.67. The summed E-state index contributed by atoms with van der Waals surface area (Å²) in [6.45, 7) is 1.12. The van der Waals surface area contributed by atoms with Crippen LogP contribution < -0.4 is 5.73 Å². The van der Waals surface area contributed by atoms with Gasteiger partial charge in [-0.3, -0.25) is 4.90 Å². The van der Waals surface area contributed by atoms with Crippen LogP contribution in [-0.4, -0.2) is 56.4 Å². The lowest BCUT2D eigenvalue weighted by atomic mass is 10.2. The minimum absolute atomic E-state index is 0.00808. The van der Waals surface area contributed by atoms with E-state index in [0.29, 0.717) is 19.5 Å². The average molecular weight is 265 g/mol. The number of H-pyrrole nitrogens is 1. The van der Waals surface area contributed by atoms with Crippen LogP contribution in [0, 0.1) is 0 Å². The Morgan fingerprint density at radius 3 is 3.05 bits per heavy atom. The van der Waals surface area contributed by atoms with E-state index in [2.05, 4.69) is 15.0 Å². The highest BCUT2D eigenvalue weighted by molar-refractivity contribution is 5.78. The Bertz CT molecular complexity index is 542. The molecule has 0 spiro atoms. The van der Waals surface area contributed by atoms with E-state index in [4.69, 9.17) is 10.8 Å². The quantitative estimate of drug-likeness (QED) is 0.571. The summed E-state index contributed by atoms with van der Waals surface area (Å²) in [6, 6.07) is 0. The monoisotopic (exact) mass is 265 g/mol. The lowest BCUT2D eigenvalue weighted by Gasteiger charge is -2.19. The van der Waals surface area contributed by atoms with Crippen LogP contribution in [0.1, 0.15) is 12.0 Å². The van der Waals surface area contributed by atoms with Crippen molar-refractivity contribution in [2.75, 3.05) is 25.9 Å². The van der Waals surface area contributed by atoms with Gasteiger partial charge in [-0.1, -0.05) is 0 Å². The van der Waals surface area contributed by atoms with Crippen molar-refractivity contribution in [3.05, 3.63) is 18.0 Å². The predicted octanol–water partition coefficient (Wildman–Crippen LogP) is -0.285. The number of nitrogen functional groups attached to an aromatic ring is 1. The summed E-state index contributed by atoms with van der Waals surface area (Å²) in [6.07, 6.45) is 3.38. The number of hydrogen-bond donors (Lipinski definition) is 4. The Morgan fingerprint density at radius 2 is 2.32 bits per heavy atom. The number of hydrogen-bond acceptors (Lipinski definition) is 6. The van der Waals surface area contributed by atoms with E-state index in [1.54, 1.807) is 6.20 Å². The van der Waals surface area contributed by atoms with Crippen LogP contribution in [-0.2, 0) is 6.54 Å². The van der Waals surface area contributed by atoms with E-state index < -0.39 is 6.10 Å². The molecule has 0 aliphatic heterocycles. The second kappa shape index (κ2) is 5.96. The molecule has 0 aliphatic rings. The van der Waals surface area contributed by atoms with Crippen LogP contribution in [0.4, 0.5) is 5.95 Å². The summed E-state index contributed by atoms with van der Waals surface area (Å²) >= 11 is 0. The molecule has 0 bridgehead atoms. The second-order valence-electron chi connectivity index (χ2n) is 4.67. The van der Waals surface area contributed by atoms with Gasteiger partial charge in [0.05, 0.1) is 23.3 Å². The third-order valence-electron chi connectivity index (χ3n) is 2.94. The summed E-state index contributed by atoms with van der Waals surface area (Å²) in [5.74, 6) is 0.247. The summed E-state index contributed by atoms with van der Waals surface area (Å²) in [5.41, 5.74) is 8.23. The predicted molar refractivity (Wildman–Crippen MR) is 72.3 cm³/mol. The zero-order valence-corrected chi connectivity index (χ0v) is 10.9. The Labute approximate surface area is 111 Å². The van der Waals surface area contributed by atoms with Crippen molar-refractivity contribution >= 4 is 17.0 Å². The van der Waals surface area contributed by atoms with Crippen molar-refractivity contribution in [3.8, 4) is 0 Å². The maximum absolute atomic E-state index is 9.65. The van der Waals surface area contributed by atoms with E-state index in [9.17, 15) is 5.11 Å². The zero-order valence-electron chi connectivity index (χ0n) is 10.9. The number of aliphatic hydroxyl groups excluding tert-OH is 2. The van der Waals surface area contributed by atoms with Gasteiger partial charge in [0.25, 0.3) is 0 Å². The summed E-state index contributed by atoms with van der Waals surface area (Å²) < 4.78 is 0. The fraction of sp³-hybridized carbons (Fsp3) is 0.500. The number of aromatic amines is 1. The van der Waals surface area contributed by atoms with Crippen molar-refractivity contribution in [2.24, 2.45) is 0 Å². The summed E-state index contributed by atoms with van der Waals surface area (Å²) in [7, 11) is 1.91. The molecule has 0 aromatic carbocycles. The number of aliphatic hydroxyl groups is 2. The van der Waals surface area contributed by atoms with Gasteiger partial charge in [0.2, 0.25) is 5.95 Å². The molecule has 0 radical (unpaired) electrons. The molecule has 7 nitrogen and oxygen atoms in total. The Kier molecular flexibility index (Phi) is 4.31. The SMILES string of the molecule is CN(Cc1c[nH]c2cnc(N)nc12)CC(O)CCO. The molecule has 7 heteroatoms. The van der Waals surface area contributed by atoms with Crippen molar-refractivity contribution < 1.29 is 10.2 Å². The number of nitrogens with zero attached hydrogens (tertiary/aromatic N) is 3. The van der Waals surface area contributed by atoms with Crippen LogP contribution in [0.15, 0.2) is 12.4 Å². The number of nitrogens with two attached hydrogens (primary N) is 1. The fourth-order valence-corrected chi connectivity index (χ4v) is 2.06. The number of anilines is 1. The molecule has 5 N–H and O–H groups in total. The van der Waals surface area contributed by atoms with Gasteiger partial charge in [-0.25, -0.2) is 9.97 Å². The van der Waals surface area contributed by atoms with Crippen LogP contribution in [0.3, 0.4) is 0 Å². The molecule has 2 heterocycles. The van der Waals surface area contributed by atoms with Crippen LogP contribution in [0.25, 0.3) is 11.0 Å². The fourth-order valence-electron chi connectivity index (χ4n) is 2.06. The molecule has 0 amide bonds. The van der Waals surface area contributed by atoms with Gasteiger partial charge in [0.15, 0.2) is 0 Å². The number of fused-ring (bicyclic) bond motifs is 1. The molecule has 0 fully saturated rings. The summed E-state index contributed by atoms with van der Waals surface area (Å²) in [5, 5.41) is 18.4. The molecule has 0 saturated carbocycles. The molecule has 0 saturated heterocycles. The van der Waals surface area contributed by atoms with Crippen molar-refractivity contribution in [1.29, 1.82) is 0 Å². The zero-order chi connectivity index (χ0) is 13.8. The number of nitrogens with one attached hydrogen (secondary N) is 1. The number of likely N-dealkylation sites (N-methyl/N-ethyl adjacent to an activating group) is 1. The maximum Gasteiger partial charge on any atom is 0.220 e. The molecular formula is C12H19N5O2. The molecule has 19 heavy (non-hydrogen) atoms. The highest BCUT2D eigenvalue weighted by Crippen LogP contribution is 2.17. The largest absolute Gasteiger partial charge is 0.396 e. The van der Waals surface area contributed by atoms with Gasteiger partial charge >= 0.3 is 0 Å². The van der Waals surface area contributed by atoms with Crippen LogP contribution in [0.2, 0.25) is 0 Å². The highest BCUT2D eigenvalue weighted by atomic mass is 16.3. The number of aromatic nitrogens is 3. The van der Waals surface area contributed by atoms with Crippen LogP contribution in [0.5, 0.6) is 0 Å². The molecule has 0 aliphatic carbocycles. The van der Waals surface area contributed by atoms with E-state index in [-0.39, 0.29) is 12.6 Å². The Balaban J connectivity index is 2.06. The minimum atomic E-state index is -0.528. The van der Waals surface area contributed by atoms with Crippen molar-refractivity contribution in [3.63, 3.8) is 0 Å². The normalized spacial score (nSPS) is 13.3.